The topological polar surface area (TPSA) is 121 Å². The van der Waals surface area contributed by atoms with E-state index in [1.807, 2.05) is 127 Å². The van der Waals surface area contributed by atoms with Gasteiger partial charge in [0.25, 0.3) is 0 Å². The fraction of sp³-hybridized carbons (Fsp3) is 0. The lowest BCUT2D eigenvalue weighted by Gasteiger charge is -2.11. The van der Waals surface area contributed by atoms with Gasteiger partial charge in [-0.3, -0.25) is 10.3 Å². The minimum absolute atomic E-state index is 0.433. The molecular formula is C33H26N6O2S2. The summed E-state index contributed by atoms with van der Waals surface area (Å²) >= 11 is 2.39. The van der Waals surface area contributed by atoms with Crippen molar-refractivity contribution in [3.63, 3.8) is 0 Å². The Hall–Kier alpha value is -4.87. The molecule has 0 aliphatic heterocycles. The van der Waals surface area contributed by atoms with Crippen LogP contribution < -0.4 is 25.1 Å². The summed E-state index contributed by atoms with van der Waals surface area (Å²) in [5.74, 6) is 4.32. The molecule has 6 rings (SSSR count). The van der Waals surface area contributed by atoms with Crippen molar-refractivity contribution in [2.45, 2.75) is 9.79 Å². The number of nitrogens with two attached hydrogens (primary N) is 2. The van der Waals surface area contributed by atoms with Crippen molar-refractivity contribution in [1.29, 1.82) is 0 Å². The predicted octanol–water partition coefficient (Wildman–Crippen LogP) is 8.47. The van der Waals surface area contributed by atoms with Gasteiger partial charge in [-0.2, -0.15) is 9.97 Å². The minimum Gasteiger partial charge on any atom is -0.457 e. The van der Waals surface area contributed by atoms with Crippen molar-refractivity contribution in [2.75, 3.05) is 5.32 Å². The fourth-order valence-electron chi connectivity index (χ4n) is 4.13. The van der Waals surface area contributed by atoms with Gasteiger partial charge in [-0.25, -0.2) is 4.98 Å². The molecule has 1 aromatic heterocycles. The Bertz CT molecular complexity index is 1680. The number of anilines is 2. The Labute approximate surface area is 257 Å². The molecule has 5 N–H and O–H groups in total. The smallest absolute Gasteiger partial charge is 0.231 e. The van der Waals surface area contributed by atoms with Gasteiger partial charge in [-0.15, -0.1) is 0 Å². The van der Waals surface area contributed by atoms with E-state index in [2.05, 4.69) is 5.32 Å². The van der Waals surface area contributed by atoms with Crippen LogP contribution in [0.3, 0.4) is 0 Å². The highest BCUT2D eigenvalue weighted by molar-refractivity contribution is 7.97. The fourth-order valence-corrected chi connectivity index (χ4v) is 4.72. The second kappa shape index (κ2) is 13.4. The van der Waals surface area contributed by atoms with E-state index in [9.17, 15) is 0 Å². The number of nitrogens with zero attached hydrogens (tertiary/aromatic N) is 3. The first-order chi connectivity index (χ1) is 21.1. The average molecular weight is 603 g/mol. The highest BCUT2D eigenvalue weighted by Gasteiger charge is 2.12. The van der Waals surface area contributed by atoms with Gasteiger partial charge in [0.15, 0.2) is 11.6 Å². The first kappa shape index (κ1) is 28.3. The van der Waals surface area contributed by atoms with Crippen LogP contribution in [0.4, 0.5) is 11.6 Å². The summed E-state index contributed by atoms with van der Waals surface area (Å²) in [5.41, 5.74) is 2.51. The van der Waals surface area contributed by atoms with Gasteiger partial charge < -0.3 is 14.8 Å². The molecule has 43 heavy (non-hydrogen) atoms. The summed E-state index contributed by atoms with van der Waals surface area (Å²) in [6, 6.07) is 40.2. The van der Waals surface area contributed by atoms with Crippen LogP contribution >= 0.6 is 23.9 Å². The summed E-state index contributed by atoms with van der Waals surface area (Å²) in [5, 5.41) is 14.5. The van der Waals surface area contributed by atoms with E-state index in [-0.39, 0.29) is 0 Å². The summed E-state index contributed by atoms with van der Waals surface area (Å²) in [6.07, 6.45) is 0. The Morgan fingerprint density at radius 3 is 1.26 bits per heavy atom. The summed E-state index contributed by atoms with van der Waals surface area (Å²) in [4.78, 5) is 16.2. The Kier molecular flexibility index (Phi) is 8.81. The van der Waals surface area contributed by atoms with Gasteiger partial charge in [0.1, 0.15) is 23.0 Å². The predicted molar refractivity (Wildman–Crippen MR) is 174 cm³/mol. The number of benzene rings is 5. The first-order valence-corrected chi connectivity index (χ1v) is 15.0. The van der Waals surface area contributed by atoms with Gasteiger partial charge in [0.2, 0.25) is 5.95 Å². The standard InChI is InChI=1S/C33H26N6O2S2/c34-42-29-18-14-27(15-19-29)40-25-10-6-22(7-11-25)31-37-32(39-33(38-31)36-24-4-2-1-3-5-24)23-8-12-26(13-9-23)41-28-16-20-30(43-35)21-17-28/h1-21H,34-35H2,(H,36,37,38,39). The van der Waals surface area contributed by atoms with Crippen LogP contribution in [-0.4, -0.2) is 15.0 Å². The molecule has 0 saturated heterocycles. The molecule has 0 aliphatic rings. The molecule has 0 saturated carbocycles. The van der Waals surface area contributed by atoms with E-state index >= 15 is 0 Å². The number of nitrogens with one attached hydrogen (secondary N) is 1. The number of ether oxygens (including phenoxy) is 2. The van der Waals surface area contributed by atoms with E-state index in [4.69, 9.17) is 34.7 Å². The molecule has 0 amide bonds. The van der Waals surface area contributed by atoms with Crippen LogP contribution in [-0.2, 0) is 0 Å². The third kappa shape index (κ3) is 7.32. The summed E-state index contributed by atoms with van der Waals surface area (Å²) in [7, 11) is 0. The van der Waals surface area contributed by atoms with Gasteiger partial charge in [0, 0.05) is 26.6 Å². The zero-order valence-corrected chi connectivity index (χ0v) is 24.4. The molecule has 0 radical (unpaired) electrons. The van der Waals surface area contributed by atoms with Crippen molar-refractivity contribution < 1.29 is 9.47 Å². The number of rotatable bonds is 10. The molecule has 1 heterocycles. The van der Waals surface area contributed by atoms with Crippen LogP contribution in [0.5, 0.6) is 23.0 Å². The summed E-state index contributed by atoms with van der Waals surface area (Å²) in [6.45, 7) is 0. The molecule has 0 spiro atoms. The lowest BCUT2D eigenvalue weighted by atomic mass is 10.2. The first-order valence-electron chi connectivity index (χ1n) is 13.2. The monoisotopic (exact) mass is 602 g/mol. The van der Waals surface area contributed by atoms with Crippen molar-refractivity contribution >= 4 is 35.5 Å². The molecular weight excluding hydrogens is 577 g/mol. The maximum atomic E-state index is 6.00. The van der Waals surface area contributed by atoms with Crippen molar-refractivity contribution in [2.24, 2.45) is 10.3 Å². The molecule has 0 atom stereocenters. The quantitative estimate of drug-likeness (QED) is 0.132. The Morgan fingerprint density at radius 1 is 0.465 bits per heavy atom. The second-order valence-electron chi connectivity index (χ2n) is 9.23. The number of para-hydroxylation sites is 1. The highest BCUT2D eigenvalue weighted by atomic mass is 32.2. The van der Waals surface area contributed by atoms with Crippen molar-refractivity contribution in [1.82, 2.24) is 15.0 Å². The van der Waals surface area contributed by atoms with Crippen LogP contribution in [0.15, 0.2) is 137 Å². The number of hydrogen-bond acceptors (Lipinski definition) is 10. The third-order valence-electron chi connectivity index (χ3n) is 6.28. The van der Waals surface area contributed by atoms with Gasteiger partial charge >= 0.3 is 0 Å². The number of hydrogen-bond donors (Lipinski definition) is 3. The van der Waals surface area contributed by atoms with Crippen LogP contribution in [0.2, 0.25) is 0 Å². The van der Waals surface area contributed by atoms with E-state index in [1.54, 1.807) is 0 Å². The molecule has 0 aliphatic carbocycles. The van der Waals surface area contributed by atoms with E-state index in [1.165, 1.54) is 23.9 Å². The maximum Gasteiger partial charge on any atom is 0.231 e. The van der Waals surface area contributed by atoms with Gasteiger partial charge in [0.05, 0.1) is 0 Å². The van der Waals surface area contributed by atoms with Gasteiger partial charge in [-0.1, -0.05) is 18.2 Å². The Balaban J connectivity index is 1.26. The van der Waals surface area contributed by atoms with E-state index < -0.39 is 0 Å². The summed E-state index contributed by atoms with van der Waals surface area (Å²) < 4.78 is 12.0. The van der Waals surface area contributed by atoms with E-state index in [0.29, 0.717) is 29.1 Å². The van der Waals surface area contributed by atoms with Crippen molar-refractivity contribution in [3.05, 3.63) is 127 Å². The average Bonchev–Trinajstić information content (AvgIpc) is 3.06. The van der Waals surface area contributed by atoms with Crippen LogP contribution in [0, 0.1) is 0 Å². The second-order valence-corrected chi connectivity index (χ2v) is 10.6. The maximum absolute atomic E-state index is 6.00. The molecule has 8 nitrogen and oxygen atoms in total. The molecule has 0 bridgehead atoms. The van der Waals surface area contributed by atoms with E-state index in [0.717, 1.165) is 38.1 Å². The molecule has 10 heteroatoms. The zero-order chi connectivity index (χ0) is 29.4. The molecule has 6 aromatic rings. The third-order valence-corrected chi connectivity index (χ3v) is 7.37. The zero-order valence-electron chi connectivity index (χ0n) is 22.8. The minimum atomic E-state index is 0.433. The van der Waals surface area contributed by atoms with Gasteiger partial charge in [-0.05, 0) is 133 Å². The van der Waals surface area contributed by atoms with Crippen molar-refractivity contribution in [3.8, 4) is 45.8 Å². The molecule has 0 fully saturated rings. The molecule has 0 unspecified atom stereocenters. The lowest BCUT2D eigenvalue weighted by Crippen LogP contribution is -2.03. The Morgan fingerprint density at radius 2 is 0.860 bits per heavy atom. The SMILES string of the molecule is NSc1ccc(Oc2ccc(-c3nc(Nc4ccccc4)nc(-c4ccc(Oc5ccc(SN)cc5)cc4)n3)cc2)cc1. The highest BCUT2D eigenvalue weighted by Crippen LogP contribution is 2.30. The normalized spacial score (nSPS) is 10.7. The van der Waals surface area contributed by atoms with Crippen LogP contribution in [0.25, 0.3) is 22.8 Å². The lowest BCUT2D eigenvalue weighted by molar-refractivity contribution is 0.482. The largest absolute Gasteiger partial charge is 0.457 e. The van der Waals surface area contributed by atoms with Crippen LogP contribution in [0.1, 0.15) is 0 Å². The molecule has 212 valence electrons. The molecule has 5 aromatic carbocycles. The number of aromatic nitrogens is 3.